The van der Waals surface area contributed by atoms with E-state index in [2.05, 4.69) is 28.7 Å². The molecule has 6 nitrogen and oxygen atoms in total. The summed E-state index contributed by atoms with van der Waals surface area (Å²) in [6.45, 7) is 14.5. The van der Waals surface area contributed by atoms with E-state index in [0.717, 1.165) is 30.8 Å². The molecule has 3 amide bonds. The van der Waals surface area contributed by atoms with Crippen molar-refractivity contribution >= 4 is 11.9 Å². The summed E-state index contributed by atoms with van der Waals surface area (Å²) >= 11 is 0. The smallest absolute Gasteiger partial charge is 0.328 e. The molecule has 140 valence electrons. The van der Waals surface area contributed by atoms with Crippen LogP contribution in [0.1, 0.15) is 33.6 Å². The predicted molar refractivity (Wildman–Crippen MR) is 97.3 cm³/mol. The Morgan fingerprint density at radius 1 is 1.32 bits per heavy atom. The number of likely N-dealkylation sites (tertiary alicyclic amines) is 1. The Morgan fingerprint density at radius 2 is 1.96 bits per heavy atom. The summed E-state index contributed by atoms with van der Waals surface area (Å²) in [7, 11) is 1.35. The van der Waals surface area contributed by atoms with Gasteiger partial charge in [0.05, 0.1) is 5.70 Å². The van der Waals surface area contributed by atoms with Gasteiger partial charge in [-0.3, -0.25) is 15.0 Å². The van der Waals surface area contributed by atoms with Crippen molar-refractivity contribution in [2.75, 3.05) is 20.1 Å². The molecule has 2 fully saturated rings. The molecule has 2 unspecified atom stereocenters. The van der Waals surface area contributed by atoms with E-state index < -0.39 is 17.8 Å². The van der Waals surface area contributed by atoms with Gasteiger partial charge in [-0.25, -0.2) is 9.18 Å². The maximum Gasteiger partial charge on any atom is 0.328 e. The zero-order valence-corrected chi connectivity index (χ0v) is 15.6. The molecule has 2 aliphatic heterocycles. The Balaban J connectivity index is 0.00000151. The third-order valence-electron chi connectivity index (χ3n) is 4.32. The molecule has 0 aromatic carbocycles. The quantitative estimate of drug-likeness (QED) is 0.763. The molecule has 0 saturated carbocycles. The zero-order chi connectivity index (χ0) is 19.1. The number of likely N-dealkylation sites (N-methyl/N-ethyl adjacent to an activating group) is 1. The van der Waals surface area contributed by atoms with Crippen LogP contribution >= 0.6 is 0 Å². The number of urea groups is 1. The van der Waals surface area contributed by atoms with E-state index >= 15 is 0 Å². The number of allylic oxidation sites excluding steroid dienone is 2. The highest BCUT2D eigenvalue weighted by molar-refractivity contribution is 5.93. The second kappa shape index (κ2) is 9.36. The van der Waals surface area contributed by atoms with Gasteiger partial charge in [0.25, 0.3) is 0 Å². The molecule has 2 saturated heterocycles. The van der Waals surface area contributed by atoms with Crippen LogP contribution in [-0.2, 0) is 4.79 Å². The van der Waals surface area contributed by atoms with Crippen LogP contribution in [0.2, 0.25) is 0 Å². The van der Waals surface area contributed by atoms with Gasteiger partial charge in [0.15, 0.2) is 0 Å². The highest BCUT2D eigenvalue weighted by Gasteiger charge is 2.37. The van der Waals surface area contributed by atoms with Crippen LogP contribution in [0.4, 0.5) is 9.18 Å². The van der Waals surface area contributed by atoms with Crippen LogP contribution in [0.3, 0.4) is 0 Å². The van der Waals surface area contributed by atoms with Gasteiger partial charge in [-0.05, 0) is 25.5 Å². The van der Waals surface area contributed by atoms with Crippen LogP contribution in [0.25, 0.3) is 0 Å². The highest BCUT2D eigenvalue weighted by atomic mass is 19.1. The lowest BCUT2D eigenvalue weighted by molar-refractivity contribution is -0.118. The van der Waals surface area contributed by atoms with Crippen molar-refractivity contribution in [3.63, 3.8) is 0 Å². The van der Waals surface area contributed by atoms with E-state index in [1.165, 1.54) is 20.0 Å². The van der Waals surface area contributed by atoms with Gasteiger partial charge in [-0.1, -0.05) is 27.0 Å². The summed E-state index contributed by atoms with van der Waals surface area (Å²) in [6.07, 6.45) is 3.32. The van der Waals surface area contributed by atoms with Gasteiger partial charge < -0.3 is 10.2 Å². The molecule has 0 aliphatic carbocycles. The molecular weight excluding hydrogens is 323 g/mol. The largest absolute Gasteiger partial charge is 0.367 e. The molecule has 0 aromatic rings. The van der Waals surface area contributed by atoms with Crippen LogP contribution in [0.15, 0.2) is 36.5 Å². The van der Waals surface area contributed by atoms with E-state index in [9.17, 15) is 14.0 Å². The Labute approximate surface area is 149 Å². The van der Waals surface area contributed by atoms with E-state index in [0.29, 0.717) is 17.8 Å². The molecule has 2 atom stereocenters. The monoisotopic (exact) mass is 352 g/mol. The molecular formula is C18H29FN4O2. The minimum Gasteiger partial charge on any atom is -0.367 e. The summed E-state index contributed by atoms with van der Waals surface area (Å²) in [5, 5.41) is 5.49. The van der Waals surface area contributed by atoms with Gasteiger partial charge in [-0.15, -0.1) is 0 Å². The molecule has 0 spiro atoms. The first-order chi connectivity index (χ1) is 11.8. The van der Waals surface area contributed by atoms with Crippen molar-refractivity contribution in [1.29, 1.82) is 0 Å². The maximum atomic E-state index is 14.3. The van der Waals surface area contributed by atoms with Gasteiger partial charge in [-0.2, -0.15) is 0 Å². The van der Waals surface area contributed by atoms with Gasteiger partial charge in [0.2, 0.25) is 5.91 Å². The number of carbonyl (C=O) groups excluding carboxylic acids is 2. The SMILES string of the molecule is C=C(/C(F)=C\C(=C)N1CCC2NCCC21)N(C)C(=O)NC(C)=O.CC. The van der Waals surface area contributed by atoms with Crippen molar-refractivity contribution in [1.82, 2.24) is 20.4 Å². The van der Waals surface area contributed by atoms with E-state index in [-0.39, 0.29) is 5.70 Å². The lowest BCUT2D eigenvalue weighted by Crippen LogP contribution is -2.39. The fourth-order valence-corrected chi connectivity index (χ4v) is 3.05. The van der Waals surface area contributed by atoms with Crippen molar-refractivity contribution in [3.05, 3.63) is 36.5 Å². The maximum absolute atomic E-state index is 14.3. The number of hydrogen-bond acceptors (Lipinski definition) is 4. The van der Waals surface area contributed by atoms with Crippen molar-refractivity contribution in [2.24, 2.45) is 0 Å². The standard InChI is InChI=1S/C16H23FN4O2.C2H6/c1-10(21-8-6-14-15(21)5-7-18-14)9-13(17)11(2)20(4)16(23)19-12(3)22;1-2/h9,14-15,18H,1-2,5-8H2,3-4H3,(H,19,22,23);1-2H3/b13-9+;. The molecule has 0 aromatic heterocycles. The van der Waals surface area contributed by atoms with Crippen molar-refractivity contribution < 1.29 is 14.0 Å². The Hall–Kier alpha value is -2.15. The first kappa shape index (κ1) is 20.9. The highest BCUT2D eigenvalue weighted by Crippen LogP contribution is 2.29. The summed E-state index contributed by atoms with van der Waals surface area (Å²) in [5.41, 5.74) is 0.449. The Kier molecular flexibility index (Phi) is 7.83. The number of nitrogens with one attached hydrogen (secondary N) is 2. The summed E-state index contributed by atoms with van der Waals surface area (Å²) in [4.78, 5) is 25.6. The lowest BCUT2D eigenvalue weighted by Gasteiger charge is -2.26. The number of fused-ring (bicyclic) bond motifs is 1. The third-order valence-corrected chi connectivity index (χ3v) is 4.32. The van der Waals surface area contributed by atoms with Crippen molar-refractivity contribution in [3.8, 4) is 0 Å². The minimum atomic E-state index is -0.724. The van der Waals surface area contributed by atoms with Crippen LogP contribution < -0.4 is 10.6 Å². The number of halogens is 1. The number of nitrogens with zero attached hydrogens (tertiary/aromatic N) is 2. The van der Waals surface area contributed by atoms with Gasteiger partial charge >= 0.3 is 6.03 Å². The number of amides is 3. The Morgan fingerprint density at radius 3 is 2.56 bits per heavy atom. The normalized spacial score (nSPS) is 21.8. The molecule has 2 heterocycles. The van der Waals surface area contributed by atoms with E-state index in [1.54, 1.807) is 0 Å². The second-order valence-electron chi connectivity index (χ2n) is 5.87. The number of hydrogen-bond donors (Lipinski definition) is 2. The van der Waals surface area contributed by atoms with Crippen molar-refractivity contribution in [2.45, 2.75) is 45.7 Å². The van der Waals surface area contributed by atoms with E-state index in [4.69, 9.17) is 0 Å². The molecule has 2 rings (SSSR count). The first-order valence-electron chi connectivity index (χ1n) is 8.62. The van der Waals surface area contributed by atoms with Gasteiger partial charge in [0, 0.05) is 38.3 Å². The number of imide groups is 1. The zero-order valence-electron chi connectivity index (χ0n) is 15.6. The molecule has 25 heavy (non-hydrogen) atoms. The molecule has 0 bridgehead atoms. The fourth-order valence-electron chi connectivity index (χ4n) is 3.05. The van der Waals surface area contributed by atoms with Gasteiger partial charge in [0.1, 0.15) is 5.83 Å². The summed E-state index contributed by atoms with van der Waals surface area (Å²) < 4.78 is 14.3. The average Bonchev–Trinajstić information content (AvgIpc) is 3.17. The first-order valence-corrected chi connectivity index (χ1v) is 8.62. The topological polar surface area (TPSA) is 64.7 Å². The number of carbonyl (C=O) groups is 2. The molecule has 2 N–H and O–H groups in total. The fraction of sp³-hybridized carbons (Fsp3) is 0.556. The molecule has 7 heteroatoms. The Bertz CT molecular complexity index is 573. The van der Waals surface area contributed by atoms with Crippen LogP contribution in [0.5, 0.6) is 0 Å². The minimum absolute atomic E-state index is 0.120. The van der Waals surface area contributed by atoms with Crippen LogP contribution in [-0.4, -0.2) is 54.0 Å². The molecule has 2 aliphatic rings. The average molecular weight is 352 g/mol. The van der Waals surface area contributed by atoms with E-state index in [1.807, 2.05) is 13.8 Å². The molecule has 0 radical (unpaired) electrons. The number of rotatable bonds is 4. The second-order valence-corrected chi connectivity index (χ2v) is 5.87. The lowest BCUT2D eigenvalue weighted by atomic mass is 10.1. The summed E-state index contributed by atoms with van der Waals surface area (Å²) in [6, 6.07) is 0.0619. The third kappa shape index (κ3) is 5.16. The summed E-state index contributed by atoms with van der Waals surface area (Å²) in [5.74, 6) is -1.16. The predicted octanol–water partition coefficient (Wildman–Crippen LogP) is 2.52. The van der Waals surface area contributed by atoms with Crippen LogP contribution in [0, 0.1) is 0 Å².